The van der Waals surface area contributed by atoms with Crippen molar-refractivity contribution in [1.82, 2.24) is 5.32 Å². The van der Waals surface area contributed by atoms with Crippen LogP contribution in [0, 0.1) is 12.7 Å². The van der Waals surface area contributed by atoms with Gasteiger partial charge >= 0.3 is 0 Å². The Morgan fingerprint density at radius 2 is 2.36 bits per heavy atom. The summed E-state index contributed by atoms with van der Waals surface area (Å²) in [5, 5.41) is 3.45. The van der Waals surface area contributed by atoms with E-state index in [1.165, 1.54) is 18.4 Å². The number of aryl methyl sites for hydroxylation is 1. The second kappa shape index (κ2) is 4.09. The number of benzene rings is 1. The van der Waals surface area contributed by atoms with E-state index in [-0.39, 0.29) is 5.82 Å². The first-order chi connectivity index (χ1) is 6.75. The topological polar surface area (TPSA) is 12.0 Å². The van der Waals surface area contributed by atoms with Crippen molar-refractivity contribution in [2.24, 2.45) is 0 Å². The monoisotopic (exact) mass is 193 g/mol. The van der Waals surface area contributed by atoms with Gasteiger partial charge in [-0.1, -0.05) is 12.1 Å². The van der Waals surface area contributed by atoms with Gasteiger partial charge in [0.2, 0.25) is 0 Å². The van der Waals surface area contributed by atoms with E-state index in [0.717, 1.165) is 18.5 Å². The van der Waals surface area contributed by atoms with Crippen molar-refractivity contribution in [2.45, 2.75) is 32.2 Å². The fourth-order valence-corrected chi connectivity index (χ4v) is 2.05. The van der Waals surface area contributed by atoms with Crippen molar-refractivity contribution in [2.75, 3.05) is 6.54 Å². The van der Waals surface area contributed by atoms with Crippen LogP contribution in [0.25, 0.3) is 0 Å². The summed E-state index contributed by atoms with van der Waals surface area (Å²) in [7, 11) is 0. The van der Waals surface area contributed by atoms with Crippen LogP contribution in [0.15, 0.2) is 18.2 Å². The number of hydrogen-bond donors (Lipinski definition) is 1. The molecule has 76 valence electrons. The van der Waals surface area contributed by atoms with E-state index < -0.39 is 0 Å². The van der Waals surface area contributed by atoms with Gasteiger partial charge in [-0.3, -0.25) is 0 Å². The maximum absolute atomic E-state index is 13.0. The maximum Gasteiger partial charge on any atom is 0.126 e. The molecule has 1 nitrogen and oxygen atoms in total. The first kappa shape index (κ1) is 9.66. The SMILES string of the molecule is Cc1cc(CC2CCCN2)ccc1F. The average Bonchev–Trinajstić information content (AvgIpc) is 2.64. The van der Waals surface area contributed by atoms with Crippen LogP contribution in [-0.4, -0.2) is 12.6 Å². The number of nitrogens with one attached hydrogen (secondary N) is 1. The second-order valence-corrected chi connectivity index (χ2v) is 4.08. The Balaban J connectivity index is 2.05. The maximum atomic E-state index is 13.0. The summed E-state index contributed by atoms with van der Waals surface area (Å²) < 4.78 is 13.0. The van der Waals surface area contributed by atoms with Gasteiger partial charge in [0, 0.05) is 6.04 Å². The van der Waals surface area contributed by atoms with Crippen molar-refractivity contribution in [3.05, 3.63) is 35.1 Å². The lowest BCUT2D eigenvalue weighted by atomic mass is 10.0. The zero-order valence-electron chi connectivity index (χ0n) is 8.52. The van der Waals surface area contributed by atoms with Gasteiger partial charge in [-0.2, -0.15) is 0 Å². The quantitative estimate of drug-likeness (QED) is 0.760. The smallest absolute Gasteiger partial charge is 0.126 e. The van der Waals surface area contributed by atoms with E-state index in [0.29, 0.717) is 6.04 Å². The summed E-state index contributed by atoms with van der Waals surface area (Å²) in [6, 6.07) is 6.01. The molecule has 0 aliphatic carbocycles. The second-order valence-electron chi connectivity index (χ2n) is 4.08. The van der Waals surface area contributed by atoms with E-state index in [1.54, 1.807) is 6.07 Å². The van der Waals surface area contributed by atoms with Gasteiger partial charge in [0.25, 0.3) is 0 Å². The van der Waals surface area contributed by atoms with Crippen LogP contribution in [-0.2, 0) is 6.42 Å². The molecule has 0 radical (unpaired) electrons. The normalized spacial score (nSPS) is 21.4. The molecule has 0 spiro atoms. The fraction of sp³-hybridized carbons (Fsp3) is 0.500. The van der Waals surface area contributed by atoms with Crippen molar-refractivity contribution < 1.29 is 4.39 Å². The molecule has 1 fully saturated rings. The van der Waals surface area contributed by atoms with Crippen LogP contribution >= 0.6 is 0 Å². The van der Waals surface area contributed by atoms with Crippen molar-refractivity contribution in [1.29, 1.82) is 0 Å². The van der Waals surface area contributed by atoms with Gasteiger partial charge in [-0.05, 0) is 49.9 Å². The summed E-state index contributed by atoms with van der Waals surface area (Å²) in [4.78, 5) is 0. The highest BCUT2D eigenvalue weighted by Gasteiger charge is 2.14. The molecule has 0 saturated carbocycles. The van der Waals surface area contributed by atoms with Gasteiger partial charge in [-0.25, -0.2) is 4.39 Å². The molecule has 0 aromatic heterocycles. The summed E-state index contributed by atoms with van der Waals surface area (Å²) in [5.41, 5.74) is 1.99. The Kier molecular flexibility index (Phi) is 2.82. The Labute approximate surface area is 84.3 Å². The van der Waals surface area contributed by atoms with Crippen LogP contribution in [0.1, 0.15) is 24.0 Å². The minimum atomic E-state index is -0.104. The standard InChI is InChI=1S/C12H16FN/c1-9-7-10(4-5-12(9)13)8-11-3-2-6-14-11/h4-5,7,11,14H,2-3,6,8H2,1H3. The lowest BCUT2D eigenvalue weighted by molar-refractivity contribution is 0.596. The molecular weight excluding hydrogens is 177 g/mol. The van der Waals surface area contributed by atoms with Gasteiger partial charge in [0.15, 0.2) is 0 Å². The third-order valence-electron chi connectivity index (χ3n) is 2.87. The van der Waals surface area contributed by atoms with Crippen LogP contribution in [0.2, 0.25) is 0 Å². The summed E-state index contributed by atoms with van der Waals surface area (Å²) in [6.07, 6.45) is 3.54. The first-order valence-corrected chi connectivity index (χ1v) is 5.24. The zero-order valence-corrected chi connectivity index (χ0v) is 8.52. The largest absolute Gasteiger partial charge is 0.314 e. The highest BCUT2D eigenvalue weighted by Crippen LogP contribution is 2.14. The van der Waals surface area contributed by atoms with Crippen LogP contribution in [0.5, 0.6) is 0 Å². The Bertz CT molecular complexity index is 316. The number of rotatable bonds is 2. The minimum Gasteiger partial charge on any atom is -0.314 e. The molecule has 1 aromatic carbocycles. The molecule has 2 rings (SSSR count). The lowest BCUT2D eigenvalue weighted by Crippen LogP contribution is -2.23. The van der Waals surface area contributed by atoms with E-state index >= 15 is 0 Å². The number of hydrogen-bond acceptors (Lipinski definition) is 1. The van der Waals surface area contributed by atoms with Crippen LogP contribution < -0.4 is 5.32 Å². The predicted octanol–water partition coefficient (Wildman–Crippen LogP) is 2.43. The molecule has 0 amide bonds. The highest BCUT2D eigenvalue weighted by atomic mass is 19.1. The van der Waals surface area contributed by atoms with Crippen molar-refractivity contribution in [3.63, 3.8) is 0 Å². The van der Waals surface area contributed by atoms with Crippen LogP contribution in [0.3, 0.4) is 0 Å². The molecule has 0 bridgehead atoms. The van der Waals surface area contributed by atoms with Crippen LogP contribution in [0.4, 0.5) is 4.39 Å². The zero-order chi connectivity index (χ0) is 9.97. The Morgan fingerprint density at radius 1 is 1.50 bits per heavy atom. The molecule has 1 saturated heterocycles. The van der Waals surface area contributed by atoms with E-state index in [2.05, 4.69) is 5.32 Å². The molecule has 1 N–H and O–H groups in total. The molecule has 1 atom stereocenters. The van der Waals surface area contributed by atoms with E-state index in [9.17, 15) is 4.39 Å². The summed E-state index contributed by atoms with van der Waals surface area (Å²) in [5.74, 6) is -0.104. The first-order valence-electron chi connectivity index (χ1n) is 5.24. The summed E-state index contributed by atoms with van der Waals surface area (Å²) in [6.45, 7) is 2.95. The Morgan fingerprint density at radius 3 is 3.00 bits per heavy atom. The molecule has 1 aliphatic heterocycles. The minimum absolute atomic E-state index is 0.104. The van der Waals surface area contributed by atoms with Crippen molar-refractivity contribution >= 4 is 0 Å². The average molecular weight is 193 g/mol. The summed E-state index contributed by atoms with van der Waals surface area (Å²) >= 11 is 0. The molecule has 1 aromatic rings. The van der Waals surface area contributed by atoms with Gasteiger partial charge < -0.3 is 5.32 Å². The predicted molar refractivity (Wildman–Crippen MR) is 55.9 cm³/mol. The third-order valence-corrected chi connectivity index (χ3v) is 2.87. The molecule has 2 heteroatoms. The molecular formula is C12H16FN. The number of halogens is 1. The molecule has 1 heterocycles. The highest BCUT2D eigenvalue weighted by molar-refractivity contribution is 5.24. The fourth-order valence-electron chi connectivity index (χ4n) is 2.05. The third kappa shape index (κ3) is 2.13. The van der Waals surface area contributed by atoms with E-state index in [1.807, 2.05) is 19.1 Å². The molecule has 1 aliphatic rings. The molecule has 1 unspecified atom stereocenters. The lowest BCUT2D eigenvalue weighted by Gasteiger charge is -2.10. The van der Waals surface area contributed by atoms with E-state index in [4.69, 9.17) is 0 Å². The van der Waals surface area contributed by atoms with Gasteiger partial charge in [0.1, 0.15) is 5.82 Å². The van der Waals surface area contributed by atoms with Gasteiger partial charge in [0.05, 0.1) is 0 Å². The van der Waals surface area contributed by atoms with Crippen molar-refractivity contribution in [3.8, 4) is 0 Å². The molecule has 14 heavy (non-hydrogen) atoms. The Hall–Kier alpha value is -0.890. The van der Waals surface area contributed by atoms with Gasteiger partial charge in [-0.15, -0.1) is 0 Å².